The maximum Gasteiger partial charge on any atom is 0.279 e. The van der Waals surface area contributed by atoms with Crippen LogP contribution in [0.1, 0.15) is 39.4 Å². The summed E-state index contributed by atoms with van der Waals surface area (Å²) in [6, 6.07) is 2.26. The number of nitrogens with one attached hydrogen (secondary N) is 2. The number of H-pyrrole nitrogens is 1. The molecule has 1 aliphatic rings. The standard InChI is InChI=1S/C18H23F2N7.C2H6/c1-11-2-3-12(7-21)9-27(11)17-6-14(24-10-25-17)15-8-23-16(26-15)5-4-13(22)18(19)20;1-2/h4-6,8,10-12,18,22H,2-3,7,9,21H2,1H3,(H,23,26);1-2H3/b5-4-,22-13?;. The molecule has 2 aromatic heterocycles. The SMILES string of the molecule is CC.CC1CCC(CN)CN1c1cc(-c2cnc(/C=C\C(=N)C(F)F)[nH]2)ncn1. The molecule has 2 unspecified atom stereocenters. The van der Waals surface area contributed by atoms with Gasteiger partial charge in [-0.25, -0.2) is 23.7 Å². The van der Waals surface area contributed by atoms with Crippen LogP contribution in [0.3, 0.4) is 0 Å². The minimum atomic E-state index is -2.80. The van der Waals surface area contributed by atoms with Gasteiger partial charge in [-0.15, -0.1) is 0 Å². The predicted molar refractivity (Wildman–Crippen MR) is 112 cm³/mol. The molecule has 158 valence electrons. The van der Waals surface area contributed by atoms with Gasteiger partial charge in [0.15, 0.2) is 0 Å². The zero-order valence-electron chi connectivity index (χ0n) is 17.1. The highest BCUT2D eigenvalue weighted by Gasteiger charge is 2.26. The van der Waals surface area contributed by atoms with Crippen LogP contribution in [-0.2, 0) is 0 Å². The van der Waals surface area contributed by atoms with Crippen molar-refractivity contribution in [2.24, 2.45) is 11.7 Å². The highest BCUT2D eigenvalue weighted by molar-refractivity contribution is 5.97. The van der Waals surface area contributed by atoms with Crippen molar-refractivity contribution in [2.45, 2.75) is 46.1 Å². The first-order valence-corrected chi connectivity index (χ1v) is 9.86. The lowest BCUT2D eigenvalue weighted by Crippen LogP contribution is -2.44. The first kappa shape index (κ1) is 22.6. The van der Waals surface area contributed by atoms with Gasteiger partial charge in [-0.1, -0.05) is 13.8 Å². The lowest BCUT2D eigenvalue weighted by Gasteiger charge is -2.38. The first-order valence-electron chi connectivity index (χ1n) is 9.86. The van der Waals surface area contributed by atoms with Crippen LogP contribution in [0.4, 0.5) is 14.6 Å². The minimum absolute atomic E-state index is 0.371. The third-order valence-electron chi connectivity index (χ3n) is 4.79. The highest BCUT2D eigenvalue weighted by Crippen LogP contribution is 2.27. The van der Waals surface area contributed by atoms with E-state index in [-0.39, 0.29) is 0 Å². The van der Waals surface area contributed by atoms with Crippen molar-refractivity contribution >= 4 is 17.6 Å². The Morgan fingerprint density at radius 2 is 2.10 bits per heavy atom. The van der Waals surface area contributed by atoms with Gasteiger partial charge in [-0.2, -0.15) is 0 Å². The summed E-state index contributed by atoms with van der Waals surface area (Å²) in [6.45, 7) is 7.69. The van der Waals surface area contributed by atoms with Gasteiger partial charge < -0.3 is 15.6 Å². The number of aromatic amines is 1. The molecular weight excluding hydrogens is 376 g/mol. The Kier molecular flexibility index (Phi) is 8.38. The van der Waals surface area contributed by atoms with Crippen molar-refractivity contribution in [1.82, 2.24) is 19.9 Å². The van der Waals surface area contributed by atoms with E-state index >= 15 is 0 Å². The summed E-state index contributed by atoms with van der Waals surface area (Å²) >= 11 is 0. The largest absolute Gasteiger partial charge is 0.353 e. The van der Waals surface area contributed by atoms with E-state index in [9.17, 15) is 8.78 Å². The molecule has 9 heteroatoms. The number of allylic oxidation sites excluding steroid dienone is 1. The molecule has 0 aromatic carbocycles. The van der Waals surface area contributed by atoms with Crippen molar-refractivity contribution in [3.63, 3.8) is 0 Å². The van der Waals surface area contributed by atoms with Gasteiger partial charge in [0.1, 0.15) is 18.0 Å². The molecule has 1 aliphatic heterocycles. The summed E-state index contributed by atoms with van der Waals surface area (Å²) in [4.78, 5) is 18.1. The van der Waals surface area contributed by atoms with Crippen LogP contribution in [0.5, 0.6) is 0 Å². The van der Waals surface area contributed by atoms with Crippen molar-refractivity contribution in [3.8, 4) is 11.4 Å². The average Bonchev–Trinajstić information content (AvgIpc) is 3.23. The molecule has 1 saturated heterocycles. The molecule has 0 aliphatic carbocycles. The summed E-state index contributed by atoms with van der Waals surface area (Å²) in [7, 11) is 0. The number of nitrogens with two attached hydrogens (primary N) is 1. The molecule has 0 bridgehead atoms. The Bertz CT molecular complexity index is 819. The summed E-state index contributed by atoms with van der Waals surface area (Å²) in [5.74, 6) is 1.66. The number of rotatable bonds is 6. The van der Waals surface area contributed by atoms with Crippen LogP contribution in [0.25, 0.3) is 17.5 Å². The fraction of sp³-hybridized carbons (Fsp3) is 0.500. The summed E-state index contributed by atoms with van der Waals surface area (Å²) in [6.07, 6.45) is 4.85. The molecule has 3 heterocycles. The third-order valence-corrected chi connectivity index (χ3v) is 4.79. The topological polar surface area (TPSA) is 108 Å². The number of nitrogens with zero attached hydrogens (tertiary/aromatic N) is 4. The third kappa shape index (κ3) is 5.90. The minimum Gasteiger partial charge on any atom is -0.353 e. The maximum absolute atomic E-state index is 12.4. The zero-order chi connectivity index (χ0) is 21.4. The summed E-state index contributed by atoms with van der Waals surface area (Å²) in [5, 5.41) is 7.14. The molecule has 2 aromatic rings. The van der Waals surface area contributed by atoms with Gasteiger partial charge >= 0.3 is 0 Å². The Morgan fingerprint density at radius 3 is 2.79 bits per heavy atom. The van der Waals surface area contributed by atoms with E-state index < -0.39 is 12.1 Å². The van der Waals surface area contributed by atoms with E-state index in [0.717, 1.165) is 31.3 Å². The van der Waals surface area contributed by atoms with E-state index in [1.165, 1.54) is 12.4 Å². The Balaban J connectivity index is 0.00000145. The Morgan fingerprint density at radius 1 is 1.34 bits per heavy atom. The molecule has 3 rings (SSSR count). The molecule has 0 amide bonds. The molecule has 2 atom stereocenters. The lowest BCUT2D eigenvalue weighted by molar-refractivity contribution is 0.226. The van der Waals surface area contributed by atoms with Gasteiger partial charge in [-0.05, 0) is 44.4 Å². The van der Waals surface area contributed by atoms with E-state index in [1.54, 1.807) is 6.20 Å². The number of imidazole rings is 1. The fourth-order valence-electron chi connectivity index (χ4n) is 3.14. The Labute approximate surface area is 170 Å². The maximum atomic E-state index is 12.4. The number of piperidine rings is 1. The van der Waals surface area contributed by atoms with Crippen LogP contribution in [0, 0.1) is 11.3 Å². The van der Waals surface area contributed by atoms with Crippen molar-refractivity contribution < 1.29 is 8.78 Å². The summed E-state index contributed by atoms with van der Waals surface area (Å²) in [5.41, 5.74) is 6.40. The fourth-order valence-corrected chi connectivity index (χ4v) is 3.14. The van der Waals surface area contributed by atoms with E-state index in [4.69, 9.17) is 11.1 Å². The second-order valence-corrected chi connectivity index (χ2v) is 6.71. The van der Waals surface area contributed by atoms with Crippen LogP contribution in [0.15, 0.2) is 24.7 Å². The number of halogens is 2. The van der Waals surface area contributed by atoms with Crippen LogP contribution >= 0.6 is 0 Å². The number of aromatic nitrogens is 4. The lowest BCUT2D eigenvalue weighted by atomic mass is 9.93. The molecule has 0 spiro atoms. The van der Waals surface area contributed by atoms with E-state index in [2.05, 4.69) is 31.8 Å². The molecular formula is C20H29F2N7. The predicted octanol–water partition coefficient (Wildman–Crippen LogP) is 3.75. The second-order valence-electron chi connectivity index (χ2n) is 6.71. The normalized spacial score (nSPS) is 19.3. The van der Waals surface area contributed by atoms with E-state index in [1.807, 2.05) is 19.9 Å². The average molecular weight is 405 g/mol. The van der Waals surface area contributed by atoms with Gasteiger partial charge in [0.05, 0.1) is 23.3 Å². The van der Waals surface area contributed by atoms with Gasteiger partial charge in [-0.3, -0.25) is 5.41 Å². The molecule has 29 heavy (non-hydrogen) atoms. The number of hydrogen-bond acceptors (Lipinski definition) is 6. The molecule has 0 saturated carbocycles. The monoisotopic (exact) mass is 405 g/mol. The van der Waals surface area contributed by atoms with Crippen LogP contribution in [0.2, 0.25) is 0 Å². The summed E-state index contributed by atoms with van der Waals surface area (Å²) < 4.78 is 24.7. The Hall–Kier alpha value is -2.68. The number of hydrogen-bond donors (Lipinski definition) is 3. The van der Waals surface area contributed by atoms with Gasteiger partial charge in [0, 0.05) is 18.7 Å². The van der Waals surface area contributed by atoms with Crippen LogP contribution < -0.4 is 10.6 Å². The number of anilines is 1. The quantitative estimate of drug-likeness (QED) is 0.634. The van der Waals surface area contributed by atoms with Crippen LogP contribution in [-0.4, -0.2) is 51.2 Å². The first-order chi connectivity index (χ1) is 14.0. The van der Waals surface area contributed by atoms with E-state index in [0.29, 0.717) is 35.7 Å². The molecule has 7 nitrogen and oxygen atoms in total. The smallest absolute Gasteiger partial charge is 0.279 e. The molecule has 4 N–H and O–H groups in total. The molecule has 0 radical (unpaired) electrons. The zero-order valence-corrected chi connectivity index (χ0v) is 17.1. The van der Waals surface area contributed by atoms with Gasteiger partial charge in [0.25, 0.3) is 6.43 Å². The van der Waals surface area contributed by atoms with Crippen molar-refractivity contribution in [1.29, 1.82) is 5.41 Å². The number of alkyl halides is 2. The highest BCUT2D eigenvalue weighted by atomic mass is 19.3. The van der Waals surface area contributed by atoms with Crippen molar-refractivity contribution in [2.75, 3.05) is 18.0 Å². The van der Waals surface area contributed by atoms with Gasteiger partial charge in [0.2, 0.25) is 0 Å². The second kappa shape index (κ2) is 10.8. The molecule has 1 fully saturated rings. The van der Waals surface area contributed by atoms with Crippen molar-refractivity contribution in [3.05, 3.63) is 30.5 Å².